The van der Waals surface area contributed by atoms with Crippen molar-refractivity contribution in [2.24, 2.45) is 0 Å². The van der Waals surface area contributed by atoms with Gasteiger partial charge in [-0.25, -0.2) is 4.79 Å². The summed E-state index contributed by atoms with van der Waals surface area (Å²) in [6.07, 6.45) is 2.68. The van der Waals surface area contributed by atoms with Crippen LogP contribution < -0.4 is 11.2 Å². The van der Waals surface area contributed by atoms with E-state index in [0.29, 0.717) is 12.2 Å². The Morgan fingerprint density at radius 3 is 3.11 bits per heavy atom. The van der Waals surface area contributed by atoms with E-state index in [1.807, 2.05) is 5.40 Å². The predicted octanol–water partition coefficient (Wildman–Crippen LogP) is 0.737. The number of aryl methyl sites for hydroxylation is 1. The zero-order chi connectivity index (χ0) is 13.1. The molecule has 1 N–H and O–H groups in total. The van der Waals surface area contributed by atoms with E-state index < -0.39 is 17.5 Å². The molecule has 2 rings (SSSR count). The molecule has 96 valence electrons. The molecular weight excluding hydrogens is 254 g/mol. The number of aromatic amines is 1. The van der Waals surface area contributed by atoms with Crippen molar-refractivity contribution < 1.29 is 4.74 Å². The van der Waals surface area contributed by atoms with E-state index in [1.54, 1.807) is 6.92 Å². The molecule has 0 bridgehead atoms. The summed E-state index contributed by atoms with van der Waals surface area (Å²) < 4.78 is 6.94. The Hall–Kier alpha value is -1.52. The number of hydrogen-bond acceptors (Lipinski definition) is 5. The number of thioether (sulfide) groups is 1. The molecule has 1 aliphatic heterocycles. The highest BCUT2D eigenvalue weighted by atomic mass is 32.2. The Bertz CT molecular complexity index is 586. The van der Waals surface area contributed by atoms with Gasteiger partial charge in [0.05, 0.1) is 5.25 Å². The molecule has 0 spiro atoms. The summed E-state index contributed by atoms with van der Waals surface area (Å²) in [6, 6.07) is 0. The maximum atomic E-state index is 11.8. The van der Waals surface area contributed by atoms with Crippen molar-refractivity contribution in [1.29, 1.82) is 5.26 Å². The van der Waals surface area contributed by atoms with Gasteiger partial charge in [-0.1, -0.05) is 0 Å². The highest BCUT2D eigenvalue weighted by Crippen LogP contribution is 2.31. The average Bonchev–Trinajstić information content (AvgIpc) is 2.35. The van der Waals surface area contributed by atoms with Crippen LogP contribution >= 0.6 is 11.8 Å². The van der Waals surface area contributed by atoms with Crippen LogP contribution in [0.25, 0.3) is 0 Å². The number of rotatable bonds is 2. The minimum absolute atomic E-state index is 0.0910. The third-order valence-corrected chi connectivity index (χ3v) is 3.74. The van der Waals surface area contributed by atoms with Crippen LogP contribution in [-0.2, 0) is 4.74 Å². The normalized spacial score (nSPS) is 23.6. The molecule has 6 nitrogen and oxygen atoms in total. The Morgan fingerprint density at radius 2 is 2.39 bits per heavy atom. The van der Waals surface area contributed by atoms with Crippen LogP contribution in [0.3, 0.4) is 0 Å². The van der Waals surface area contributed by atoms with Crippen LogP contribution in [0.2, 0.25) is 0 Å². The van der Waals surface area contributed by atoms with E-state index >= 15 is 0 Å². The van der Waals surface area contributed by atoms with Crippen molar-refractivity contribution in [3.8, 4) is 5.40 Å². The minimum Gasteiger partial charge on any atom is -0.357 e. The van der Waals surface area contributed by atoms with Gasteiger partial charge in [-0.05, 0) is 31.5 Å². The number of nitriles is 1. The molecule has 1 saturated heterocycles. The lowest BCUT2D eigenvalue weighted by Crippen LogP contribution is -2.39. The topological polar surface area (TPSA) is 87.9 Å². The Balaban J connectivity index is 2.40. The number of aromatic nitrogens is 2. The van der Waals surface area contributed by atoms with Gasteiger partial charge in [0.15, 0.2) is 6.23 Å². The Labute approximate surface area is 108 Å². The first-order chi connectivity index (χ1) is 8.63. The predicted molar refractivity (Wildman–Crippen MR) is 67.3 cm³/mol. The first-order valence-corrected chi connectivity index (χ1v) is 6.50. The van der Waals surface area contributed by atoms with Crippen molar-refractivity contribution >= 4 is 11.8 Å². The number of H-pyrrole nitrogens is 1. The minimum atomic E-state index is -0.499. The molecule has 2 atom stereocenters. The number of thiocyanates is 1. The van der Waals surface area contributed by atoms with E-state index in [9.17, 15) is 9.59 Å². The molecule has 0 aromatic carbocycles. The quantitative estimate of drug-likeness (QED) is 0.798. The van der Waals surface area contributed by atoms with Crippen LogP contribution in [0.4, 0.5) is 0 Å². The first kappa shape index (κ1) is 12.9. The number of hydrogen-bond donors (Lipinski definition) is 1. The largest absolute Gasteiger partial charge is 0.357 e. The van der Waals surface area contributed by atoms with E-state index in [0.717, 1.165) is 24.6 Å². The summed E-state index contributed by atoms with van der Waals surface area (Å²) in [4.78, 5) is 25.3. The second-order valence-corrected chi connectivity index (χ2v) is 5.15. The highest BCUT2D eigenvalue weighted by molar-refractivity contribution is 8.04. The third-order valence-electron chi connectivity index (χ3n) is 2.86. The van der Waals surface area contributed by atoms with Gasteiger partial charge in [-0.3, -0.25) is 14.3 Å². The van der Waals surface area contributed by atoms with Gasteiger partial charge in [0.2, 0.25) is 0 Å². The molecule has 7 heteroatoms. The lowest BCUT2D eigenvalue weighted by molar-refractivity contribution is -0.0295. The molecule has 0 saturated carbocycles. The monoisotopic (exact) mass is 267 g/mol. The fourth-order valence-corrected chi connectivity index (χ4v) is 2.70. The van der Waals surface area contributed by atoms with Crippen molar-refractivity contribution in [3.63, 3.8) is 0 Å². The molecule has 1 aromatic heterocycles. The maximum Gasteiger partial charge on any atom is 0.330 e. The van der Waals surface area contributed by atoms with Crippen LogP contribution in [0.15, 0.2) is 15.8 Å². The van der Waals surface area contributed by atoms with Gasteiger partial charge in [0.25, 0.3) is 5.56 Å². The van der Waals surface area contributed by atoms with E-state index in [4.69, 9.17) is 10.00 Å². The number of ether oxygens (including phenoxy) is 1. The summed E-state index contributed by atoms with van der Waals surface area (Å²) in [5.41, 5.74) is -0.443. The summed E-state index contributed by atoms with van der Waals surface area (Å²) in [6.45, 7) is 2.18. The number of nitrogens with one attached hydrogen (secondary N) is 1. The lowest BCUT2D eigenvalue weighted by atomic mass is 10.1. The van der Waals surface area contributed by atoms with Gasteiger partial charge in [-0.15, -0.1) is 0 Å². The van der Waals surface area contributed by atoms with Crippen molar-refractivity contribution in [2.45, 2.75) is 31.2 Å². The molecule has 18 heavy (non-hydrogen) atoms. The first-order valence-electron chi connectivity index (χ1n) is 5.62. The van der Waals surface area contributed by atoms with Crippen LogP contribution in [0.1, 0.15) is 24.6 Å². The smallest absolute Gasteiger partial charge is 0.330 e. The highest BCUT2D eigenvalue weighted by Gasteiger charge is 2.29. The molecule has 1 fully saturated rings. The van der Waals surface area contributed by atoms with Gasteiger partial charge >= 0.3 is 5.69 Å². The van der Waals surface area contributed by atoms with Gasteiger partial charge in [0, 0.05) is 18.4 Å². The summed E-state index contributed by atoms with van der Waals surface area (Å²) >= 11 is 1.10. The standard InChI is InChI=1S/C11H13N3O3S/c1-7-5-14(11(16)13-9(7)15)10-8(18-6-12)3-2-4-17-10/h5,8,10H,2-4H2,1H3,(H,13,15,16)/t8-,10-/m1/s1. The molecule has 2 heterocycles. The molecule has 0 unspecified atom stereocenters. The van der Waals surface area contributed by atoms with E-state index in [-0.39, 0.29) is 5.25 Å². The molecule has 1 aliphatic rings. The second-order valence-electron chi connectivity index (χ2n) is 4.13. The van der Waals surface area contributed by atoms with Crippen LogP contribution in [-0.4, -0.2) is 21.4 Å². The fourth-order valence-electron chi connectivity index (χ4n) is 1.96. The van der Waals surface area contributed by atoms with Crippen LogP contribution in [0, 0.1) is 17.6 Å². The summed E-state index contributed by atoms with van der Waals surface area (Å²) in [5.74, 6) is 0. The average molecular weight is 267 g/mol. The van der Waals surface area contributed by atoms with Gasteiger partial charge in [-0.2, -0.15) is 5.26 Å². The lowest BCUT2D eigenvalue weighted by Gasteiger charge is -2.30. The maximum absolute atomic E-state index is 11.8. The summed E-state index contributed by atoms with van der Waals surface area (Å²) in [5, 5.41) is 10.7. The van der Waals surface area contributed by atoms with Crippen LogP contribution in [0.5, 0.6) is 0 Å². The Morgan fingerprint density at radius 1 is 1.61 bits per heavy atom. The van der Waals surface area contributed by atoms with E-state index in [1.165, 1.54) is 10.8 Å². The van der Waals surface area contributed by atoms with E-state index in [2.05, 4.69) is 4.98 Å². The molecule has 0 aliphatic carbocycles. The molecule has 0 radical (unpaired) electrons. The van der Waals surface area contributed by atoms with Crippen molar-refractivity contribution in [1.82, 2.24) is 9.55 Å². The van der Waals surface area contributed by atoms with Crippen molar-refractivity contribution in [2.75, 3.05) is 6.61 Å². The third kappa shape index (κ3) is 2.49. The summed E-state index contributed by atoms with van der Waals surface area (Å²) in [7, 11) is 0. The Kier molecular flexibility index (Phi) is 3.89. The second kappa shape index (κ2) is 5.42. The molecule has 0 amide bonds. The van der Waals surface area contributed by atoms with Gasteiger partial charge < -0.3 is 4.74 Å². The van der Waals surface area contributed by atoms with Crippen molar-refractivity contribution in [3.05, 3.63) is 32.6 Å². The zero-order valence-corrected chi connectivity index (χ0v) is 10.7. The molecule has 1 aromatic rings. The van der Waals surface area contributed by atoms with Gasteiger partial charge in [0.1, 0.15) is 5.40 Å². The SMILES string of the molecule is Cc1cn([C@@H]2OCCC[C@H]2SC#N)c(=O)[nH]c1=O. The molecular formula is C11H13N3O3S. The fraction of sp³-hybridized carbons (Fsp3) is 0.545. The zero-order valence-electron chi connectivity index (χ0n) is 9.88. The number of nitrogens with zero attached hydrogens (tertiary/aromatic N) is 2.